The Balaban J connectivity index is 2.14. The molecule has 0 spiro atoms. The molecule has 0 saturated carbocycles. The fraction of sp³-hybridized carbons (Fsp3) is 0.312. The number of amides is 1. The number of hydrogen-bond acceptors (Lipinski definition) is 5. The van der Waals surface area contributed by atoms with Gasteiger partial charge in [-0.1, -0.05) is 30.3 Å². The molecule has 1 heterocycles. The van der Waals surface area contributed by atoms with Crippen LogP contribution in [0.3, 0.4) is 0 Å². The lowest BCUT2D eigenvalue weighted by atomic mass is 9.99. The van der Waals surface area contributed by atoms with Crippen LogP contribution in [0.15, 0.2) is 36.5 Å². The zero-order chi connectivity index (χ0) is 16.9. The van der Waals surface area contributed by atoms with Crippen LogP contribution in [-0.4, -0.2) is 41.2 Å². The molecule has 7 heteroatoms. The first-order valence-electron chi connectivity index (χ1n) is 6.98. The number of nitrogens with one attached hydrogen (secondary N) is 1. The predicted octanol–water partition coefficient (Wildman–Crippen LogP) is 2.42. The molecule has 0 radical (unpaired) electrons. The smallest absolute Gasteiger partial charge is 0.305 e. The third kappa shape index (κ3) is 4.61. The fourth-order valence-corrected chi connectivity index (χ4v) is 3.03. The topological polar surface area (TPSA) is 88.5 Å². The number of aliphatic carboxylic acids is 1. The van der Waals surface area contributed by atoms with Gasteiger partial charge in [0.1, 0.15) is 9.88 Å². The van der Waals surface area contributed by atoms with Crippen molar-refractivity contribution in [2.45, 2.75) is 18.9 Å². The lowest BCUT2D eigenvalue weighted by molar-refractivity contribution is -0.139. The van der Waals surface area contributed by atoms with Crippen LogP contribution in [0.1, 0.15) is 23.0 Å². The molecule has 2 N–H and O–H groups in total. The van der Waals surface area contributed by atoms with Crippen molar-refractivity contribution < 1.29 is 19.4 Å². The van der Waals surface area contributed by atoms with Crippen LogP contribution in [0.25, 0.3) is 10.6 Å². The number of rotatable bonds is 7. The van der Waals surface area contributed by atoms with E-state index in [4.69, 9.17) is 9.84 Å². The maximum absolute atomic E-state index is 12.4. The van der Waals surface area contributed by atoms with Crippen molar-refractivity contribution in [2.24, 2.45) is 0 Å². The van der Waals surface area contributed by atoms with E-state index in [-0.39, 0.29) is 18.9 Å². The summed E-state index contributed by atoms with van der Waals surface area (Å²) in [5.74, 6) is -1.36. The standard InChI is InChI=1S/C16H18N2O4S/c1-16(10-22-2,8-13(19)20)18-14(21)12-9-17-15(23-12)11-6-4-3-5-7-11/h3-7,9H,8,10H2,1-2H3,(H,18,21)(H,19,20). The second-order valence-electron chi connectivity index (χ2n) is 5.41. The van der Waals surface area contributed by atoms with E-state index in [0.717, 1.165) is 10.6 Å². The van der Waals surface area contributed by atoms with Gasteiger partial charge in [0.05, 0.1) is 24.8 Å². The van der Waals surface area contributed by atoms with Crippen molar-refractivity contribution in [3.63, 3.8) is 0 Å². The van der Waals surface area contributed by atoms with Gasteiger partial charge in [-0.05, 0) is 6.92 Å². The molecule has 0 saturated heterocycles. The maximum Gasteiger partial charge on any atom is 0.305 e. The van der Waals surface area contributed by atoms with Gasteiger partial charge in [0, 0.05) is 12.7 Å². The van der Waals surface area contributed by atoms with E-state index in [1.807, 2.05) is 30.3 Å². The summed E-state index contributed by atoms with van der Waals surface area (Å²) < 4.78 is 5.03. The molecular formula is C16H18N2O4S. The molecule has 1 unspecified atom stereocenters. The number of methoxy groups -OCH3 is 1. The van der Waals surface area contributed by atoms with Gasteiger partial charge in [-0.3, -0.25) is 9.59 Å². The molecule has 0 aliphatic carbocycles. The number of ether oxygens (including phenoxy) is 1. The highest BCUT2D eigenvalue weighted by molar-refractivity contribution is 7.16. The SMILES string of the molecule is COCC(C)(CC(=O)O)NC(=O)c1cnc(-c2ccccc2)s1. The van der Waals surface area contributed by atoms with Gasteiger partial charge in [-0.25, -0.2) is 4.98 Å². The maximum atomic E-state index is 12.4. The van der Waals surface area contributed by atoms with Crippen LogP contribution < -0.4 is 5.32 Å². The van der Waals surface area contributed by atoms with Crippen molar-refractivity contribution in [3.05, 3.63) is 41.4 Å². The number of nitrogens with zero attached hydrogens (tertiary/aromatic N) is 1. The lowest BCUT2D eigenvalue weighted by Crippen LogP contribution is -2.50. The normalized spacial score (nSPS) is 13.3. The molecule has 0 fully saturated rings. The van der Waals surface area contributed by atoms with Crippen LogP contribution in [0.2, 0.25) is 0 Å². The number of carboxylic acids is 1. The average molecular weight is 334 g/mol. The Kier molecular flexibility index (Phi) is 5.46. The van der Waals surface area contributed by atoms with E-state index < -0.39 is 11.5 Å². The largest absolute Gasteiger partial charge is 0.481 e. The lowest BCUT2D eigenvalue weighted by Gasteiger charge is -2.28. The summed E-state index contributed by atoms with van der Waals surface area (Å²) in [7, 11) is 1.46. The molecule has 1 aromatic carbocycles. The summed E-state index contributed by atoms with van der Waals surface area (Å²) in [6, 6.07) is 9.55. The quantitative estimate of drug-likeness (QED) is 0.812. The number of hydrogen-bond donors (Lipinski definition) is 2. The minimum absolute atomic E-state index is 0.107. The van der Waals surface area contributed by atoms with Crippen LogP contribution in [0.5, 0.6) is 0 Å². The second kappa shape index (κ2) is 7.34. The highest BCUT2D eigenvalue weighted by Gasteiger charge is 2.30. The number of thiazole rings is 1. The average Bonchev–Trinajstić information content (AvgIpc) is 2.97. The molecule has 23 heavy (non-hydrogen) atoms. The first kappa shape index (κ1) is 17.1. The molecular weight excluding hydrogens is 316 g/mol. The number of aromatic nitrogens is 1. The van der Waals surface area contributed by atoms with Gasteiger partial charge < -0.3 is 15.2 Å². The van der Waals surface area contributed by atoms with Gasteiger partial charge in [0.25, 0.3) is 5.91 Å². The van der Waals surface area contributed by atoms with Crippen molar-refractivity contribution in [1.82, 2.24) is 10.3 Å². The summed E-state index contributed by atoms with van der Waals surface area (Å²) in [6.45, 7) is 1.75. The van der Waals surface area contributed by atoms with E-state index >= 15 is 0 Å². The Morgan fingerprint density at radius 2 is 2.04 bits per heavy atom. The van der Waals surface area contributed by atoms with Crippen LogP contribution >= 0.6 is 11.3 Å². The van der Waals surface area contributed by atoms with E-state index in [9.17, 15) is 9.59 Å². The van der Waals surface area contributed by atoms with Gasteiger partial charge in [0.15, 0.2) is 0 Å². The molecule has 0 bridgehead atoms. The summed E-state index contributed by atoms with van der Waals surface area (Å²) in [5.41, 5.74) is -0.0454. The van der Waals surface area contributed by atoms with Crippen LogP contribution in [0, 0.1) is 0 Å². The summed E-state index contributed by atoms with van der Waals surface area (Å²) in [6.07, 6.45) is 1.27. The van der Waals surface area contributed by atoms with Crippen LogP contribution in [-0.2, 0) is 9.53 Å². The molecule has 2 aromatic rings. The molecule has 6 nitrogen and oxygen atoms in total. The number of carbonyl (C=O) groups is 2. The van der Waals surface area contributed by atoms with Gasteiger partial charge in [-0.2, -0.15) is 0 Å². The Bertz CT molecular complexity index is 686. The monoisotopic (exact) mass is 334 g/mol. The molecule has 1 atom stereocenters. The van der Waals surface area contributed by atoms with Crippen molar-refractivity contribution in [3.8, 4) is 10.6 Å². The predicted molar refractivity (Wildman–Crippen MR) is 87.6 cm³/mol. The number of carbonyl (C=O) groups excluding carboxylic acids is 1. The van der Waals surface area contributed by atoms with E-state index in [2.05, 4.69) is 10.3 Å². The van der Waals surface area contributed by atoms with E-state index in [0.29, 0.717) is 4.88 Å². The second-order valence-corrected chi connectivity index (χ2v) is 6.44. The molecule has 1 aromatic heterocycles. The van der Waals surface area contributed by atoms with Gasteiger partial charge in [0.2, 0.25) is 0 Å². The molecule has 0 aliphatic heterocycles. The zero-order valence-electron chi connectivity index (χ0n) is 12.9. The molecule has 2 rings (SSSR count). The minimum Gasteiger partial charge on any atom is -0.481 e. The Hall–Kier alpha value is -2.25. The first-order chi connectivity index (χ1) is 10.9. The number of benzene rings is 1. The van der Waals surface area contributed by atoms with E-state index in [1.165, 1.54) is 24.6 Å². The fourth-order valence-electron chi connectivity index (χ4n) is 2.21. The molecule has 122 valence electrons. The summed E-state index contributed by atoms with van der Waals surface area (Å²) in [4.78, 5) is 28.0. The number of carboxylic acid groups (broad SMARTS) is 1. The van der Waals surface area contributed by atoms with Crippen molar-refractivity contribution >= 4 is 23.2 Å². The Labute approximate surface area is 138 Å². The molecule has 1 amide bonds. The van der Waals surface area contributed by atoms with Crippen LogP contribution in [0.4, 0.5) is 0 Å². The highest BCUT2D eigenvalue weighted by atomic mass is 32.1. The van der Waals surface area contributed by atoms with Crippen molar-refractivity contribution in [1.29, 1.82) is 0 Å². The first-order valence-corrected chi connectivity index (χ1v) is 7.80. The highest BCUT2D eigenvalue weighted by Crippen LogP contribution is 2.25. The summed E-state index contributed by atoms with van der Waals surface area (Å²) in [5, 5.41) is 12.5. The third-order valence-electron chi connectivity index (χ3n) is 3.17. The zero-order valence-corrected chi connectivity index (χ0v) is 13.7. The minimum atomic E-state index is -1.00. The molecule has 0 aliphatic rings. The Morgan fingerprint density at radius 3 is 2.65 bits per heavy atom. The van der Waals surface area contributed by atoms with Gasteiger partial charge in [-0.15, -0.1) is 11.3 Å². The third-order valence-corrected chi connectivity index (χ3v) is 4.22. The van der Waals surface area contributed by atoms with Gasteiger partial charge >= 0.3 is 5.97 Å². The van der Waals surface area contributed by atoms with E-state index in [1.54, 1.807) is 6.92 Å². The Morgan fingerprint density at radius 1 is 1.35 bits per heavy atom. The summed E-state index contributed by atoms with van der Waals surface area (Å²) >= 11 is 1.26. The van der Waals surface area contributed by atoms with Crippen molar-refractivity contribution in [2.75, 3.05) is 13.7 Å².